The van der Waals surface area contributed by atoms with Gasteiger partial charge in [0.05, 0.1) is 18.7 Å². The van der Waals surface area contributed by atoms with Crippen LogP contribution in [0.25, 0.3) is 0 Å². The molecule has 0 saturated heterocycles. The first-order valence-corrected chi connectivity index (χ1v) is 10.6. The van der Waals surface area contributed by atoms with Crippen molar-refractivity contribution in [3.8, 4) is 6.07 Å². The second-order valence-electron chi connectivity index (χ2n) is 7.23. The number of carbonyl (C=O) groups is 1. The van der Waals surface area contributed by atoms with Crippen molar-refractivity contribution in [2.24, 2.45) is 0 Å². The van der Waals surface area contributed by atoms with Gasteiger partial charge in [-0.2, -0.15) is 5.26 Å². The summed E-state index contributed by atoms with van der Waals surface area (Å²) in [7, 11) is 0. The van der Waals surface area contributed by atoms with Crippen molar-refractivity contribution in [1.29, 1.82) is 5.26 Å². The highest BCUT2D eigenvalue weighted by Crippen LogP contribution is 2.28. The van der Waals surface area contributed by atoms with Gasteiger partial charge in [0, 0.05) is 4.88 Å². The second-order valence-corrected chi connectivity index (χ2v) is 8.21. The Morgan fingerprint density at radius 2 is 1.96 bits per heavy atom. The molecule has 5 heteroatoms. The SMILES string of the molecule is CCc1ccc([C@@H](NCC(=O)NC2(C#N)CCCCC2)c2cccs2)cc1. The van der Waals surface area contributed by atoms with E-state index in [1.165, 1.54) is 10.4 Å². The number of nitrogens with one attached hydrogen (secondary N) is 2. The molecule has 0 bridgehead atoms. The van der Waals surface area contributed by atoms with Crippen LogP contribution in [0.3, 0.4) is 0 Å². The summed E-state index contributed by atoms with van der Waals surface area (Å²) in [6.07, 6.45) is 5.66. The standard InChI is InChI=1S/C22H27N3OS/c1-2-17-8-10-18(11-9-17)21(19-7-6-14-27-19)24-15-20(26)25-22(16-23)12-4-3-5-13-22/h6-11,14,21,24H,2-5,12-13,15H2,1H3,(H,25,26)/t21-/m1/s1. The molecule has 0 radical (unpaired) electrons. The Balaban J connectivity index is 1.67. The van der Waals surface area contributed by atoms with E-state index in [2.05, 4.69) is 59.3 Å². The Labute approximate surface area is 165 Å². The molecule has 1 aliphatic rings. The monoisotopic (exact) mass is 381 g/mol. The number of carbonyl (C=O) groups excluding carboxylic acids is 1. The van der Waals surface area contributed by atoms with E-state index in [0.717, 1.165) is 44.1 Å². The lowest BCUT2D eigenvalue weighted by Crippen LogP contribution is -2.51. The fraction of sp³-hybridized carbons (Fsp3) is 0.455. The molecule has 1 aliphatic carbocycles. The smallest absolute Gasteiger partial charge is 0.235 e. The number of aryl methyl sites for hydroxylation is 1. The zero-order valence-corrected chi connectivity index (χ0v) is 16.6. The van der Waals surface area contributed by atoms with Gasteiger partial charge in [0.1, 0.15) is 5.54 Å². The van der Waals surface area contributed by atoms with E-state index in [1.54, 1.807) is 11.3 Å². The lowest BCUT2D eigenvalue weighted by molar-refractivity contribution is -0.122. The molecule has 1 atom stereocenters. The van der Waals surface area contributed by atoms with Crippen molar-refractivity contribution in [3.05, 3.63) is 57.8 Å². The van der Waals surface area contributed by atoms with Gasteiger partial charge in [-0.3, -0.25) is 10.1 Å². The molecular formula is C22H27N3OS. The van der Waals surface area contributed by atoms with Crippen LogP contribution in [0.5, 0.6) is 0 Å². The first-order chi connectivity index (χ1) is 13.2. The highest BCUT2D eigenvalue weighted by atomic mass is 32.1. The third-order valence-corrected chi connectivity index (χ3v) is 6.25. The van der Waals surface area contributed by atoms with Crippen molar-refractivity contribution in [2.45, 2.75) is 57.0 Å². The predicted octanol–water partition coefficient (Wildman–Crippen LogP) is 4.33. The van der Waals surface area contributed by atoms with E-state index in [4.69, 9.17) is 0 Å². The van der Waals surface area contributed by atoms with Gasteiger partial charge in [-0.05, 0) is 41.8 Å². The molecule has 2 N–H and O–H groups in total. The average Bonchev–Trinajstić information content (AvgIpc) is 3.24. The molecule has 1 amide bonds. The minimum Gasteiger partial charge on any atom is -0.337 e. The second kappa shape index (κ2) is 9.16. The number of hydrogen-bond acceptors (Lipinski definition) is 4. The Morgan fingerprint density at radius 1 is 1.22 bits per heavy atom. The summed E-state index contributed by atoms with van der Waals surface area (Å²) < 4.78 is 0. The first kappa shape index (κ1) is 19.6. The molecular weight excluding hydrogens is 354 g/mol. The Kier molecular flexibility index (Phi) is 6.65. The number of hydrogen-bond donors (Lipinski definition) is 2. The summed E-state index contributed by atoms with van der Waals surface area (Å²) in [6, 6.07) is 15.0. The van der Waals surface area contributed by atoms with Crippen molar-refractivity contribution in [1.82, 2.24) is 10.6 Å². The van der Waals surface area contributed by atoms with Crippen LogP contribution in [0.1, 0.15) is 61.1 Å². The van der Waals surface area contributed by atoms with Gasteiger partial charge < -0.3 is 5.32 Å². The maximum absolute atomic E-state index is 12.6. The number of nitriles is 1. The topological polar surface area (TPSA) is 64.9 Å². The molecule has 1 heterocycles. The van der Waals surface area contributed by atoms with Crippen LogP contribution in [-0.4, -0.2) is 18.0 Å². The normalized spacial score (nSPS) is 17.0. The Hall–Kier alpha value is -2.16. The third-order valence-electron chi connectivity index (χ3n) is 5.32. The maximum atomic E-state index is 12.6. The number of thiophene rings is 1. The zero-order chi connectivity index (χ0) is 19.1. The van der Waals surface area contributed by atoms with Gasteiger partial charge in [0.2, 0.25) is 5.91 Å². The van der Waals surface area contributed by atoms with Crippen LogP contribution >= 0.6 is 11.3 Å². The molecule has 1 fully saturated rings. The summed E-state index contributed by atoms with van der Waals surface area (Å²) in [5.74, 6) is -0.106. The molecule has 1 aromatic carbocycles. The summed E-state index contributed by atoms with van der Waals surface area (Å²) in [6.45, 7) is 2.34. The minimum atomic E-state index is -0.682. The quantitative estimate of drug-likeness (QED) is 0.750. The molecule has 1 saturated carbocycles. The Bertz CT molecular complexity index is 771. The average molecular weight is 382 g/mol. The molecule has 1 aromatic heterocycles. The number of rotatable bonds is 7. The van der Waals surface area contributed by atoms with E-state index < -0.39 is 5.54 Å². The minimum absolute atomic E-state index is 0.0222. The summed E-state index contributed by atoms with van der Waals surface area (Å²) in [5, 5.41) is 18.0. The fourth-order valence-electron chi connectivity index (χ4n) is 3.71. The van der Waals surface area contributed by atoms with Crippen molar-refractivity contribution >= 4 is 17.2 Å². The third kappa shape index (κ3) is 4.97. The molecule has 3 rings (SSSR count). The predicted molar refractivity (Wildman–Crippen MR) is 110 cm³/mol. The summed E-state index contributed by atoms with van der Waals surface area (Å²) in [4.78, 5) is 13.7. The number of nitrogens with zero attached hydrogens (tertiary/aromatic N) is 1. The van der Waals surface area contributed by atoms with Crippen LogP contribution in [0, 0.1) is 11.3 Å². The molecule has 4 nitrogen and oxygen atoms in total. The Morgan fingerprint density at radius 3 is 2.56 bits per heavy atom. The molecule has 142 valence electrons. The van der Waals surface area contributed by atoms with Gasteiger partial charge in [-0.1, -0.05) is 56.5 Å². The fourth-order valence-corrected chi connectivity index (χ4v) is 4.54. The molecule has 0 unspecified atom stereocenters. The summed E-state index contributed by atoms with van der Waals surface area (Å²) in [5.41, 5.74) is 1.77. The highest BCUT2D eigenvalue weighted by molar-refractivity contribution is 7.10. The largest absolute Gasteiger partial charge is 0.337 e. The van der Waals surface area contributed by atoms with Crippen LogP contribution in [0.15, 0.2) is 41.8 Å². The van der Waals surface area contributed by atoms with E-state index >= 15 is 0 Å². The van der Waals surface area contributed by atoms with Gasteiger partial charge in [0.15, 0.2) is 0 Å². The van der Waals surface area contributed by atoms with Crippen molar-refractivity contribution in [2.75, 3.05) is 6.54 Å². The van der Waals surface area contributed by atoms with Crippen LogP contribution < -0.4 is 10.6 Å². The van der Waals surface area contributed by atoms with Gasteiger partial charge in [-0.15, -0.1) is 11.3 Å². The van der Waals surface area contributed by atoms with Gasteiger partial charge in [0.25, 0.3) is 0 Å². The van der Waals surface area contributed by atoms with Crippen LogP contribution in [-0.2, 0) is 11.2 Å². The molecule has 0 aliphatic heterocycles. The van der Waals surface area contributed by atoms with E-state index in [0.29, 0.717) is 0 Å². The lowest BCUT2D eigenvalue weighted by Gasteiger charge is -2.31. The number of amides is 1. The van der Waals surface area contributed by atoms with Crippen molar-refractivity contribution in [3.63, 3.8) is 0 Å². The molecule has 27 heavy (non-hydrogen) atoms. The number of benzene rings is 1. The lowest BCUT2D eigenvalue weighted by atomic mass is 9.83. The van der Waals surface area contributed by atoms with Crippen molar-refractivity contribution < 1.29 is 4.79 Å². The summed E-state index contributed by atoms with van der Waals surface area (Å²) >= 11 is 1.68. The molecule has 2 aromatic rings. The van der Waals surface area contributed by atoms with E-state index in [-0.39, 0.29) is 18.5 Å². The van der Waals surface area contributed by atoms with E-state index in [1.807, 2.05) is 6.07 Å². The first-order valence-electron chi connectivity index (χ1n) is 9.74. The van der Waals surface area contributed by atoms with Crippen LogP contribution in [0.4, 0.5) is 0 Å². The van der Waals surface area contributed by atoms with E-state index in [9.17, 15) is 10.1 Å². The molecule has 0 spiro atoms. The zero-order valence-electron chi connectivity index (χ0n) is 15.8. The van der Waals surface area contributed by atoms with Crippen LogP contribution in [0.2, 0.25) is 0 Å². The highest BCUT2D eigenvalue weighted by Gasteiger charge is 2.33. The van der Waals surface area contributed by atoms with Gasteiger partial charge in [-0.25, -0.2) is 0 Å². The maximum Gasteiger partial charge on any atom is 0.235 e. The van der Waals surface area contributed by atoms with Gasteiger partial charge >= 0.3 is 0 Å².